The number of carbonyl (C=O) groups excluding carboxylic acids is 3. The molecule has 0 radical (unpaired) electrons. The molecule has 3 amide bonds. The average molecular weight is 375 g/mol. The molecule has 0 spiro atoms. The lowest BCUT2D eigenvalue weighted by atomic mass is 10.1. The highest BCUT2D eigenvalue weighted by atomic mass is 16.4. The van der Waals surface area contributed by atoms with Gasteiger partial charge >= 0.3 is 11.9 Å². The van der Waals surface area contributed by atoms with Gasteiger partial charge in [0.15, 0.2) is 0 Å². The van der Waals surface area contributed by atoms with Crippen molar-refractivity contribution in [2.45, 2.75) is 37.8 Å². The number of carboxylic acid groups (broad SMARTS) is 2. The molecule has 0 fully saturated rings. The lowest BCUT2D eigenvalue weighted by Crippen LogP contribution is -2.52. The normalized spacial score (nSPS) is 12.5. The van der Waals surface area contributed by atoms with Crippen molar-refractivity contribution in [3.05, 3.63) is 0 Å². The highest BCUT2D eigenvalue weighted by Gasteiger charge is 2.24. The van der Waals surface area contributed by atoms with E-state index in [1.54, 1.807) is 0 Å². The summed E-state index contributed by atoms with van der Waals surface area (Å²) >= 11 is 0. The Bertz CT molecular complexity index is 526. The second-order valence-electron chi connectivity index (χ2n) is 5.44. The molecule has 0 saturated carbocycles. The minimum atomic E-state index is -1.48. The second kappa shape index (κ2) is 12.6. The number of nitrogens with one attached hydrogen (secondary N) is 3. The van der Waals surface area contributed by atoms with Crippen molar-refractivity contribution >= 4 is 29.7 Å². The quantitative estimate of drug-likeness (QED) is 0.160. The molecule has 2 unspecified atom stereocenters. The zero-order chi connectivity index (χ0) is 20.1. The van der Waals surface area contributed by atoms with E-state index < -0.39 is 61.3 Å². The molecule has 9 N–H and O–H groups in total. The Labute approximate surface area is 149 Å². The fraction of sp³-hybridized carbons (Fsp3) is 0.643. The van der Waals surface area contributed by atoms with Crippen molar-refractivity contribution in [1.29, 1.82) is 0 Å². The Hall–Kier alpha value is -2.73. The first-order valence-electron chi connectivity index (χ1n) is 7.91. The number of nitrogens with two attached hydrogens (primary N) is 2. The van der Waals surface area contributed by atoms with Crippen LogP contribution in [0.2, 0.25) is 0 Å². The summed E-state index contributed by atoms with van der Waals surface area (Å²) in [6.45, 7) is -0.753. The molecule has 0 rings (SSSR count). The molecule has 0 bridgehead atoms. The molecule has 0 aliphatic carbocycles. The molecule has 26 heavy (non-hydrogen) atoms. The van der Waals surface area contributed by atoms with Gasteiger partial charge in [0, 0.05) is 0 Å². The standard InChI is InChI=1S/C14H25N5O7/c15-4-2-1-3-8(16)13(25)17-6-10(20)19-9(5-11(21)22)14(26)18-7-12(23)24/h8-9H,1-7,15-16H2,(H,17,25)(H,18,26)(H,19,20)(H,21,22)(H,23,24). The summed E-state index contributed by atoms with van der Waals surface area (Å²) in [7, 11) is 0. The van der Waals surface area contributed by atoms with Crippen LogP contribution in [-0.4, -0.2) is 71.6 Å². The molecule has 0 aromatic rings. The SMILES string of the molecule is NCCCCC(N)C(=O)NCC(=O)NC(CC(=O)O)C(=O)NCC(=O)O. The first kappa shape index (κ1) is 23.3. The molecule has 0 saturated heterocycles. The van der Waals surface area contributed by atoms with Crippen LogP contribution >= 0.6 is 0 Å². The van der Waals surface area contributed by atoms with Gasteiger partial charge in [-0.05, 0) is 19.4 Å². The third-order valence-corrected chi connectivity index (χ3v) is 3.17. The number of carbonyl (C=O) groups is 5. The number of carboxylic acids is 2. The third-order valence-electron chi connectivity index (χ3n) is 3.17. The topological polar surface area (TPSA) is 214 Å². The van der Waals surface area contributed by atoms with E-state index in [-0.39, 0.29) is 0 Å². The summed E-state index contributed by atoms with van der Waals surface area (Å²) < 4.78 is 0. The van der Waals surface area contributed by atoms with E-state index in [0.29, 0.717) is 25.8 Å². The first-order valence-corrected chi connectivity index (χ1v) is 7.91. The summed E-state index contributed by atoms with van der Waals surface area (Å²) in [6.07, 6.45) is 1.01. The Morgan fingerprint density at radius 3 is 2.04 bits per heavy atom. The van der Waals surface area contributed by atoms with Gasteiger partial charge in [-0.3, -0.25) is 24.0 Å². The number of hydrogen-bond acceptors (Lipinski definition) is 7. The Morgan fingerprint density at radius 2 is 1.50 bits per heavy atom. The van der Waals surface area contributed by atoms with Crippen LogP contribution in [0.3, 0.4) is 0 Å². The van der Waals surface area contributed by atoms with Crippen LogP contribution < -0.4 is 27.4 Å². The van der Waals surface area contributed by atoms with Gasteiger partial charge in [-0.1, -0.05) is 6.42 Å². The molecular weight excluding hydrogens is 350 g/mol. The number of unbranched alkanes of at least 4 members (excludes halogenated alkanes) is 1. The molecule has 12 nitrogen and oxygen atoms in total. The molecule has 2 atom stereocenters. The van der Waals surface area contributed by atoms with Gasteiger partial charge in [-0.25, -0.2) is 0 Å². The highest BCUT2D eigenvalue weighted by Crippen LogP contribution is 1.98. The number of aliphatic carboxylic acids is 2. The summed E-state index contributed by atoms with van der Waals surface area (Å²) in [4.78, 5) is 56.5. The van der Waals surface area contributed by atoms with Crippen LogP contribution in [0.25, 0.3) is 0 Å². The van der Waals surface area contributed by atoms with Gasteiger partial charge in [0.25, 0.3) is 0 Å². The highest BCUT2D eigenvalue weighted by molar-refractivity contribution is 5.93. The Balaban J connectivity index is 4.46. The van der Waals surface area contributed by atoms with Crippen molar-refractivity contribution in [3.63, 3.8) is 0 Å². The van der Waals surface area contributed by atoms with Gasteiger partial charge in [-0.2, -0.15) is 0 Å². The number of amides is 3. The first-order chi connectivity index (χ1) is 12.2. The zero-order valence-electron chi connectivity index (χ0n) is 14.2. The summed E-state index contributed by atoms with van der Waals surface area (Å²) in [5.74, 6) is -5.04. The third kappa shape index (κ3) is 10.9. The maximum atomic E-state index is 11.8. The lowest BCUT2D eigenvalue weighted by molar-refractivity contribution is -0.141. The van der Waals surface area contributed by atoms with Crippen molar-refractivity contribution in [2.24, 2.45) is 11.5 Å². The summed E-state index contributed by atoms with van der Waals surface area (Å²) in [5.41, 5.74) is 11.0. The average Bonchev–Trinajstić information content (AvgIpc) is 2.56. The molecule has 12 heteroatoms. The summed E-state index contributed by atoms with van der Waals surface area (Å²) in [6, 6.07) is -2.29. The van der Waals surface area contributed by atoms with E-state index in [0.717, 1.165) is 0 Å². The molecular formula is C14H25N5O7. The van der Waals surface area contributed by atoms with Crippen LogP contribution in [0, 0.1) is 0 Å². The minimum Gasteiger partial charge on any atom is -0.481 e. The number of rotatable bonds is 13. The van der Waals surface area contributed by atoms with Gasteiger partial charge < -0.3 is 37.6 Å². The van der Waals surface area contributed by atoms with Crippen molar-refractivity contribution in [3.8, 4) is 0 Å². The van der Waals surface area contributed by atoms with Gasteiger partial charge in [-0.15, -0.1) is 0 Å². The smallest absolute Gasteiger partial charge is 0.322 e. The van der Waals surface area contributed by atoms with E-state index in [9.17, 15) is 24.0 Å². The van der Waals surface area contributed by atoms with Crippen LogP contribution in [0.1, 0.15) is 25.7 Å². The molecule has 0 aliphatic heterocycles. The predicted octanol–water partition coefficient (Wildman–Crippen LogP) is -3.28. The van der Waals surface area contributed by atoms with Crippen LogP contribution in [0.4, 0.5) is 0 Å². The fourth-order valence-electron chi connectivity index (χ4n) is 1.85. The van der Waals surface area contributed by atoms with E-state index in [2.05, 4.69) is 10.6 Å². The van der Waals surface area contributed by atoms with Crippen molar-refractivity contribution in [1.82, 2.24) is 16.0 Å². The van der Waals surface area contributed by atoms with Crippen LogP contribution in [-0.2, 0) is 24.0 Å². The fourth-order valence-corrected chi connectivity index (χ4v) is 1.85. The molecule has 0 aromatic heterocycles. The monoisotopic (exact) mass is 375 g/mol. The second-order valence-corrected chi connectivity index (χ2v) is 5.44. The van der Waals surface area contributed by atoms with E-state index in [4.69, 9.17) is 21.7 Å². The van der Waals surface area contributed by atoms with Crippen molar-refractivity contribution < 1.29 is 34.2 Å². The van der Waals surface area contributed by atoms with E-state index in [1.165, 1.54) is 0 Å². The maximum Gasteiger partial charge on any atom is 0.322 e. The van der Waals surface area contributed by atoms with Crippen molar-refractivity contribution in [2.75, 3.05) is 19.6 Å². The molecule has 0 aromatic carbocycles. The maximum absolute atomic E-state index is 11.8. The molecule has 0 heterocycles. The minimum absolute atomic E-state index is 0.393. The van der Waals surface area contributed by atoms with Gasteiger partial charge in [0.1, 0.15) is 12.6 Å². The van der Waals surface area contributed by atoms with E-state index in [1.807, 2.05) is 5.32 Å². The Morgan fingerprint density at radius 1 is 0.885 bits per heavy atom. The summed E-state index contributed by atoms with van der Waals surface area (Å²) in [5, 5.41) is 23.6. The van der Waals surface area contributed by atoms with Gasteiger partial charge in [0.2, 0.25) is 17.7 Å². The molecule has 0 aliphatic rings. The lowest BCUT2D eigenvalue weighted by Gasteiger charge is -2.17. The molecule has 148 valence electrons. The zero-order valence-corrected chi connectivity index (χ0v) is 14.2. The van der Waals surface area contributed by atoms with Gasteiger partial charge in [0.05, 0.1) is 19.0 Å². The van der Waals surface area contributed by atoms with E-state index >= 15 is 0 Å². The number of hydrogen-bond donors (Lipinski definition) is 7. The predicted molar refractivity (Wildman–Crippen MR) is 88.7 cm³/mol. The van der Waals surface area contributed by atoms with Crippen LogP contribution in [0.5, 0.6) is 0 Å². The van der Waals surface area contributed by atoms with Crippen LogP contribution in [0.15, 0.2) is 0 Å². The largest absolute Gasteiger partial charge is 0.481 e. The Kier molecular flexibility index (Phi) is 11.3.